The van der Waals surface area contributed by atoms with Gasteiger partial charge in [0.25, 0.3) is 0 Å². The Hall–Kier alpha value is -1.62. The van der Waals surface area contributed by atoms with Gasteiger partial charge >= 0.3 is 0 Å². The molecule has 0 atom stereocenters. The zero-order chi connectivity index (χ0) is 13.0. The van der Waals surface area contributed by atoms with Crippen LogP contribution >= 0.6 is 0 Å². The van der Waals surface area contributed by atoms with Crippen molar-refractivity contribution < 1.29 is 0 Å². The van der Waals surface area contributed by atoms with Crippen LogP contribution in [-0.4, -0.2) is 26.1 Å². The molecule has 5 nitrogen and oxygen atoms in total. The molecule has 0 unspecified atom stereocenters. The Kier molecular flexibility index (Phi) is 4.15. The van der Waals surface area contributed by atoms with Crippen molar-refractivity contribution in [3.05, 3.63) is 35.4 Å². The molecule has 0 radical (unpaired) electrons. The molecule has 0 saturated carbocycles. The van der Waals surface area contributed by atoms with E-state index in [1.165, 1.54) is 11.3 Å². The smallest absolute Gasteiger partial charge is 0.0828 e. The van der Waals surface area contributed by atoms with E-state index in [1.807, 2.05) is 22.5 Å². The van der Waals surface area contributed by atoms with Gasteiger partial charge < -0.3 is 5.32 Å². The van der Waals surface area contributed by atoms with E-state index in [4.69, 9.17) is 0 Å². The van der Waals surface area contributed by atoms with Crippen LogP contribution in [0, 0.1) is 6.92 Å². The maximum atomic E-state index is 4.44. The third kappa shape index (κ3) is 2.98. The molecule has 18 heavy (non-hydrogen) atoms. The fourth-order valence-corrected chi connectivity index (χ4v) is 2.02. The number of rotatable bonds is 6. The second-order valence-electron chi connectivity index (χ2n) is 4.42. The molecule has 0 bridgehead atoms. The lowest BCUT2D eigenvalue weighted by Crippen LogP contribution is -2.11. The number of aryl methyl sites for hydroxylation is 2. The topological polar surface area (TPSA) is 47.7 Å². The van der Waals surface area contributed by atoms with E-state index >= 15 is 0 Å². The predicted molar refractivity (Wildman–Crippen MR) is 71.3 cm³/mol. The van der Waals surface area contributed by atoms with Crippen molar-refractivity contribution in [3.63, 3.8) is 0 Å². The maximum Gasteiger partial charge on any atom is 0.0828 e. The quantitative estimate of drug-likeness (QED) is 0.843. The molecule has 5 heteroatoms. The van der Waals surface area contributed by atoms with Crippen molar-refractivity contribution in [2.75, 3.05) is 6.54 Å². The lowest BCUT2D eigenvalue weighted by molar-refractivity contribution is 0.575. The minimum Gasteiger partial charge on any atom is -0.313 e. The zero-order valence-electron chi connectivity index (χ0n) is 11.3. The molecule has 0 aromatic carbocycles. The SMILES string of the molecule is CCNCc1cnn(Cc2cc(C)nn2CC)c1. The highest BCUT2D eigenvalue weighted by Crippen LogP contribution is 2.07. The van der Waals surface area contributed by atoms with Crippen LogP contribution in [-0.2, 0) is 19.6 Å². The van der Waals surface area contributed by atoms with Crippen LogP contribution in [0.4, 0.5) is 0 Å². The van der Waals surface area contributed by atoms with Gasteiger partial charge in [-0.1, -0.05) is 6.92 Å². The molecular weight excluding hydrogens is 226 g/mol. The molecule has 1 N–H and O–H groups in total. The average molecular weight is 247 g/mol. The molecule has 0 fully saturated rings. The second kappa shape index (κ2) is 5.82. The van der Waals surface area contributed by atoms with Gasteiger partial charge in [-0.2, -0.15) is 10.2 Å². The average Bonchev–Trinajstić information content (AvgIpc) is 2.94. The van der Waals surface area contributed by atoms with Crippen LogP contribution in [0.5, 0.6) is 0 Å². The van der Waals surface area contributed by atoms with Crippen LogP contribution in [0.1, 0.15) is 30.8 Å². The normalized spacial score (nSPS) is 11.1. The highest BCUT2D eigenvalue weighted by molar-refractivity contribution is 5.11. The molecule has 0 aliphatic heterocycles. The van der Waals surface area contributed by atoms with E-state index in [0.717, 1.165) is 31.9 Å². The number of hydrogen-bond donors (Lipinski definition) is 1. The third-order valence-electron chi connectivity index (χ3n) is 2.87. The van der Waals surface area contributed by atoms with Crippen molar-refractivity contribution in [1.29, 1.82) is 0 Å². The summed E-state index contributed by atoms with van der Waals surface area (Å²) in [7, 11) is 0. The van der Waals surface area contributed by atoms with E-state index in [2.05, 4.69) is 41.6 Å². The highest BCUT2D eigenvalue weighted by Gasteiger charge is 2.06. The van der Waals surface area contributed by atoms with Crippen molar-refractivity contribution in [2.24, 2.45) is 0 Å². The van der Waals surface area contributed by atoms with Gasteiger partial charge in [0, 0.05) is 24.8 Å². The molecule has 0 amide bonds. The molecule has 0 aliphatic rings. The number of hydrogen-bond acceptors (Lipinski definition) is 3. The van der Waals surface area contributed by atoms with Gasteiger partial charge in [0.05, 0.1) is 24.1 Å². The van der Waals surface area contributed by atoms with Crippen LogP contribution < -0.4 is 5.32 Å². The van der Waals surface area contributed by atoms with Gasteiger partial charge in [-0.15, -0.1) is 0 Å². The molecule has 2 aromatic rings. The highest BCUT2D eigenvalue weighted by atomic mass is 15.3. The first-order valence-electron chi connectivity index (χ1n) is 6.48. The minimum atomic E-state index is 0.779. The van der Waals surface area contributed by atoms with Gasteiger partial charge in [0.1, 0.15) is 0 Å². The summed E-state index contributed by atoms with van der Waals surface area (Å²) in [5.41, 5.74) is 3.48. The van der Waals surface area contributed by atoms with Crippen molar-refractivity contribution >= 4 is 0 Å². The predicted octanol–water partition coefficient (Wildman–Crippen LogP) is 1.57. The van der Waals surface area contributed by atoms with Gasteiger partial charge in [-0.25, -0.2) is 0 Å². The molecule has 0 aliphatic carbocycles. The molecular formula is C13H21N5. The molecule has 0 saturated heterocycles. The Morgan fingerprint density at radius 2 is 2.17 bits per heavy atom. The Balaban J connectivity index is 2.06. The number of nitrogens with zero attached hydrogens (tertiary/aromatic N) is 4. The first-order valence-corrected chi connectivity index (χ1v) is 6.48. The second-order valence-corrected chi connectivity index (χ2v) is 4.42. The van der Waals surface area contributed by atoms with Crippen LogP contribution in [0.15, 0.2) is 18.5 Å². The Morgan fingerprint density at radius 3 is 2.89 bits per heavy atom. The maximum absolute atomic E-state index is 4.44. The summed E-state index contributed by atoms with van der Waals surface area (Å²) in [5, 5.41) is 12.1. The van der Waals surface area contributed by atoms with E-state index in [0.29, 0.717) is 0 Å². The van der Waals surface area contributed by atoms with E-state index in [-0.39, 0.29) is 0 Å². The summed E-state index contributed by atoms with van der Waals surface area (Å²) in [6, 6.07) is 2.12. The van der Waals surface area contributed by atoms with Crippen LogP contribution in [0.3, 0.4) is 0 Å². The summed E-state index contributed by atoms with van der Waals surface area (Å²) in [6.45, 7) is 9.77. The number of nitrogens with one attached hydrogen (secondary N) is 1. The Bertz CT molecular complexity index is 497. The fraction of sp³-hybridized carbons (Fsp3) is 0.538. The third-order valence-corrected chi connectivity index (χ3v) is 2.87. The van der Waals surface area contributed by atoms with E-state index in [9.17, 15) is 0 Å². The van der Waals surface area contributed by atoms with E-state index < -0.39 is 0 Å². The summed E-state index contributed by atoms with van der Waals surface area (Å²) < 4.78 is 4.00. The van der Waals surface area contributed by atoms with Gasteiger partial charge in [-0.3, -0.25) is 9.36 Å². The summed E-state index contributed by atoms with van der Waals surface area (Å²) >= 11 is 0. The van der Waals surface area contributed by atoms with E-state index in [1.54, 1.807) is 0 Å². The molecule has 98 valence electrons. The summed E-state index contributed by atoms with van der Waals surface area (Å²) in [4.78, 5) is 0. The lowest BCUT2D eigenvalue weighted by atomic mass is 10.3. The van der Waals surface area contributed by atoms with Crippen molar-refractivity contribution in [2.45, 2.75) is 40.4 Å². The first kappa shape index (κ1) is 12.8. The van der Waals surface area contributed by atoms with Crippen LogP contribution in [0.2, 0.25) is 0 Å². The largest absolute Gasteiger partial charge is 0.313 e. The molecule has 2 heterocycles. The monoisotopic (exact) mass is 247 g/mol. The summed E-state index contributed by atoms with van der Waals surface area (Å²) in [6.07, 6.45) is 4.01. The summed E-state index contributed by atoms with van der Waals surface area (Å²) in [5.74, 6) is 0. The zero-order valence-corrected chi connectivity index (χ0v) is 11.3. The number of aromatic nitrogens is 4. The minimum absolute atomic E-state index is 0.779. The Morgan fingerprint density at radius 1 is 1.33 bits per heavy atom. The molecule has 2 rings (SSSR count). The fourth-order valence-electron chi connectivity index (χ4n) is 2.02. The Labute approximate surface area is 108 Å². The molecule has 2 aromatic heterocycles. The van der Waals surface area contributed by atoms with Gasteiger partial charge in [0.15, 0.2) is 0 Å². The van der Waals surface area contributed by atoms with Crippen molar-refractivity contribution in [3.8, 4) is 0 Å². The molecule has 0 spiro atoms. The van der Waals surface area contributed by atoms with Crippen LogP contribution in [0.25, 0.3) is 0 Å². The standard InChI is InChI=1S/C13H21N5/c1-4-14-7-12-8-15-17(9-12)10-13-6-11(3)16-18(13)5-2/h6,8-9,14H,4-5,7,10H2,1-3H3. The van der Waals surface area contributed by atoms with Gasteiger partial charge in [-0.05, 0) is 26.5 Å². The lowest BCUT2D eigenvalue weighted by Gasteiger charge is -2.04. The first-order chi connectivity index (χ1) is 8.72. The van der Waals surface area contributed by atoms with Crippen molar-refractivity contribution in [1.82, 2.24) is 24.9 Å². The van der Waals surface area contributed by atoms with Gasteiger partial charge in [0.2, 0.25) is 0 Å².